The van der Waals surface area contributed by atoms with E-state index in [1.165, 1.54) is 24.4 Å². The minimum Gasteiger partial charge on any atom is -0.433 e. The number of nitriles is 1. The molecule has 0 saturated carbocycles. The molecule has 0 bridgehead atoms. The fourth-order valence-electron chi connectivity index (χ4n) is 1.19. The first-order valence-corrected chi connectivity index (χ1v) is 4.69. The number of ether oxygens (including phenoxy) is 1. The summed E-state index contributed by atoms with van der Waals surface area (Å²) in [5, 5.41) is 8.56. The molecule has 0 aliphatic rings. The molecule has 0 fully saturated rings. The van der Waals surface area contributed by atoms with E-state index in [4.69, 9.17) is 10.00 Å². The van der Waals surface area contributed by atoms with Gasteiger partial charge in [0.25, 0.3) is 0 Å². The summed E-state index contributed by atoms with van der Waals surface area (Å²) in [6, 6.07) is 8.10. The lowest BCUT2D eigenvalue weighted by Gasteiger charge is -2.06. The quantitative estimate of drug-likeness (QED) is 0.799. The Bertz CT molecular complexity index is 556. The molecule has 0 radical (unpaired) electrons. The number of para-hydroxylation sites is 1. The van der Waals surface area contributed by atoms with E-state index < -0.39 is 17.4 Å². The van der Waals surface area contributed by atoms with Gasteiger partial charge in [-0.3, -0.25) is 0 Å². The van der Waals surface area contributed by atoms with Crippen molar-refractivity contribution in [3.8, 4) is 17.7 Å². The monoisotopic (exact) mass is 232 g/mol. The van der Waals surface area contributed by atoms with E-state index in [0.29, 0.717) is 5.56 Å². The van der Waals surface area contributed by atoms with Crippen molar-refractivity contribution in [1.29, 1.82) is 5.26 Å². The van der Waals surface area contributed by atoms with Crippen molar-refractivity contribution in [3.63, 3.8) is 0 Å². The van der Waals surface area contributed by atoms with Crippen molar-refractivity contribution < 1.29 is 13.5 Å². The van der Waals surface area contributed by atoms with Gasteiger partial charge in [-0.25, -0.2) is 13.8 Å². The minimum atomic E-state index is -0.809. The van der Waals surface area contributed by atoms with Crippen LogP contribution in [0.5, 0.6) is 11.6 Å². The molecule has 1 aromatic carbocycles. The van der Waals surface area contributed by atoms with Crippen LogP contribution in [0.3, 0.4) is 0 Å². The van der Waals surface area contributed by atoms with Crippen LogP contribution < -0.4 is 4.74 Å². The highest BCUT2D eigenvalue weighted by Gasteiger charge is 2.11. The molecule has 1 heterocycles. The summed E-state index contributed by atoms with van der Waals surface area (Å²) in [4.78, 5) is 3.75. The molecule has 0 saturated heterocycles. The minimum absolute atomic E-state index is 0.0213. The molecule has 0 spiro atoms. The topological polar surface area (TPSA) is 45.9 Å². The number of rotatable bonds is 2. The number of aromatic nitrogens is 1. The summed E-state index contributed by atoms with van der Waals surface area (Å²) in [5.74, 6) is -2.11. The number of nitrogens with zero attached hydrogens (tertiary/aromatic N) is 2. The third-order valence-corrected chi connectivity index (χ3v) is 1.99. The molecule has 0 aliphatic heterocycles. The van der Waals surface area contributed by atoms with Crippen molar-refractivity contribution >= 4 is 0 Å². The smallest absolute Gasteiger partial charge is 0.219 e. The standard InChI is InChI=1S/C12H6F2N2O/c13-9-2-1-3-10(14)12(9)17-11-5-4-8(6-15)7-16-11/h1-5,7H. The van der Waals surface area contributed by atoms with E-state index in [1.807, 2.05) is 6.07 Å². The molecule has 0 N–H and O–H groups in total. The predicted octanol–water partition coefficient (Wildman–Crippen LogP) is 3.02. The number of halogens is 2. The Kier molecular flexibility index (Phi) is 2.97. The van der Waals surface area contributed by atoms with E-state index in [1.54, 1.807) is 0 Å². The second-order valence-corrected chi connectivity index (χ2v) is 3.15. The zero-order valence-corrected chi connectivity index (χ0v) is 8.52. The molecule has 3 nitrogen and oxygen atoms in total. The normalized spacial score (nSPS) is 9.71. The van der Waals surface area contributed by atoms with Crippen LogP contribution in [0.1, 0.15) is 5.56 Å². The number of pyridine rings is 1. The third-order valence-electron chi connectivity index (χ3n) is 1.99. The Morgan fingerprint density at radius 3 is 2.35 bits per heavy atom. The van der Waals surface area contributed by atoms with Gasteiger partial charge in [0.1, 0.15) is 6.07 Å². The third kappa shape index (κ3) is 2.37. The van der Waals surface area contributed by atoms with Crippen molar-refractivity contribution in [1.82, 2.24) is 4.98 Å². The summed E-state index contributed by atoms with van der Waals surface area (Å²) < 4.78 is 31.4. The zero-order chi connectivity index (χ0) is 12.3. The molecule has 0 aliphatic carbocycles. The lowest BCUT2D eigenvalue weighted by atomic mass is 10.3. The molecule has 0 amide bonds. The van der Waals surface area contributed by atoms with Gasteiger partial charge in [0.05, 0.1) is 5.56 Å². The van der Waals surface area contributed by atoms with Crippen LogP contribution in [0.25, 0.3) is 0 Å². The first-order valence-electron chi connectivity index (χ1n) is 4.69. The van der Waals surface area contributed by atoms with Gasteiger partial charge in [-0.1, -0.05) is 6.07 Å². The van der Waals surface area contributed by atoms with E-state index in [9.17, 15) is 8.78 Å². The summed E-state index contributed by atoms with van der Waals surface area (Å²) in [5.41, 5.74) is 0.339. The molecule has 5 heteroatoms. The Morgan fingerprint density at radius 2 is 1.82 bits per heavy atom. The molecular weight excluding hydrogens is 226 g/mol. The fraction of sp³-hybridized carbons (Fsp3) is 0. The fourth-order valence-corrected chi connectivity index (χ4v) is 1.19. The second kappa shape index (κ2) is 4.58. The maximum absolute atomic E-state index is 13.2. The highest BCUT2D eigenvalue weighted by Crippen LogP contribution is 2.25. The highest BCUT2D eigenvalue weighted by molar-refractivity contribution is 5.33. The molecule has 17 heavy (non-hydrogen) atoms. The summed E-state index contributed by atoms with van der Waals surface area (Å²) in [6.07, 6.45) is 1.26. The summed E-state index contributed by atoms with van der Waals surface area (Å²) >= 11 is 0. The van der Waals surface area contributed by atoms with Gasteiger partial charge >= 0.3 is 0 Å². The van der Waals surface area contributed by atoms with Gasteiger partial charge in [-0.05, 0) is 18.2 Å². The lowest BCUT2D eigenvalue weighted by Crippen LogP contribution is -1.94. The van der Waals surface area contributed by atoms with Crippen LogP contribution in [0, 0.1) is 23.0 Å². The van der Waals surface area contributed by atoms with Gasteiger partial charge in [0.15, 0.2) is 11.6 Å². The van der Waals surface area contributed by atoms with Crippen LogP contribution >= 0.6 is 0 Å². The van der Waals surface area contributed by atoms with E-state index in [0.717, 1.165) is 12.1 Å². The summed E-state index contributed by atoms with van der Waals surface area (Å²) in [7, 11) is 0. The molecule has 2 rings (SSSR count). The van der Waals surface area contributed by atoms with Gasteiger partial charge in [0, 0.05) is 12.3 Å². The van der Waals surface area contributed by atoms with E-state index >= 15 is 0 Å². The Morgan fingerprint density at radius 1 is 1.12 bits per heavy atom. The molecule has 0 atom stereocenters. The van der Waals surface area contributed by atoms with E-state index in [-0.39, 0.29) is 5.88 Å². The Labute approximate surface area is 95.9 Å². The van der Waals surface area contributed by atoms with Gasteiger partial charge < -0.3 is 4.74 Å². The maximum atomic E-state index is 13.2. The van der Waals surface area contributed by atoms with Crippen LogP contribution in [-0.4, -0.2) is 4.98 Å². The van der Waals surface area contributed by atoms with Gasteiger partial charge in [0.2, 0.25) is 11.6 Å². The first-order chi connectivity index (χ1) is 8.20. The SMILES string of the molecule is N#Cc1ccc(Oc2c(F)cccc2F)nc1. The summed E-state index contributed by atoms with van der Waals surface area (Å²) in [6.45, 7) is 0. The van der Waals surface area contributed by atoms with Gasteiger partial charge in [-0.2, -0.15) is 5.26 Å². The molecule has 84 valence electrons. The average Bonchev–Trinajstić information content (AvgIpc) is 2.35. The first kappa shape index (κ1) is 11.0. The highest BCUT2D eigenvalue weighted by atomic mass is 19.1. The van der Waals surface area contributed by atoms with Crippen molar-refractivity contribution in [2.24, 2.45) is 0 Å². The van der Waals surface area contributed by atoms with Crippen LogP contribution in [0.2, 0.25) is 0 Å². The molecule has 0 unspecified atom stereocenters. The lowest BCUT2D eigenvalue weighted by molar-refractivity contribution is 0.395. The Hall–Kier alpha value is -2.48. The Balaban J connectivity index is 2.29. The zero-order valence-electron chi connectivity index (χ0n) is 8.52. The van der Waals surface area contributed by atoms with Crippen LogP contribution in [0.4, 0.5) is 8.78 Å². The molecular formula is C12H6F2N2O. The number of benzene rings is 1. The second-order valence-electron chi connectivity index (χ2n) is 3.15. The average molecular weight is 232 g/mol. The van der Waals surface area contributed by atoms with Crippen molar-refractivity contribution in [2.75, 3.05) is 0 Å². The molecule has 2 aromatic rings. The van der Waals surface area contributed by atoms with Crippen molar-refractivity contribution in [3.05, 3.63) is 53.7 Å². The van der Waals surface area contributed by atoms with E-state index in [2.05, 4.69) is 4.98 Å². The van der Waals surface area contributed by atoms with Crippen LogP contribution in [-0.2, 0) is 0 Å². The maximum Gasteiger partial charge on any atom is 0.219 e. The van der Waals surface area contributed by atoms with Gasteiger partial charge in [-0.15, -0.1) is 0 Å². The predicted molar refractivity (Wildman–Crippen MR) is 55.4 cm³/mol. The molecule has 1 aromatic heterocycles. The number of hydrogen-bond donors (Lipinski definition) is 0. The largest absolute Gasteiger partial charge is 0.433 e. The van der Waals surface area contributed by atoms with Crippen molar-refractivity contribution in [2.45, 2.75) is 0 Å². The number of hydrogen-bond acceptors (Lipinski definition) is 3. The van der Waals surface area contributed by atoms with Crippen LogP contribution in [0.15, 0.2) is 36.5 Å².